The van der Waals surface area contributed by atoms with Gasteiger partial charge in [-0.05, 0) is 38.0 Å². The van der Waals surface area contributed by atoms with Gasteiger partial charge in [0.25, 0.3) is 0 Å². The van der Waals surface area contributed by atoms with Gasteiger partial charge in [-0.3, -0.25) is 0 Å². The number of nitrogens with zero attached hydrogens (tertiary/aromatic N) is 1. The van der Waals surface area contributed by atoms with E-state index in [9.17, 15) is 4.79 Å². The average Bonchev–Trinajstić information content (AvgIpc) is 3.02. The van der Waals surface area contributed by atoms with E-state index in [0.29, 0.717) is 24.6 Å². The molecule has 6 nitrogen and oxygen atoms in total. The highest BCUT2D eigenvalue weighted by Crippen LogP contribution is 2.29. The second-order valence-corrected chi connectivity index (χ2v) is 5.90. The van der Waals surface area contributed by atoms with E-state index in [1.165, 1.54) is 0 Å². The minimum absolute atomic E-state index is 0.0639. The number of ether oxygens (including phenoxy) is 3. The van der Waals surface area contributed by atoms with E-state index in [-0.39, 0.29) is 18.2 Å². The fraction of sp³-hybridized carbons (Fsp3) is 0.588. The minimum Gasteiger partial charge on any atom is -0.493 e. The zero-order valence-corrected chi connectivity index (χ0v) is 14.3. The highest BCUT2D eigenvalue weighted by molar-refractivity contribution is 5.74. The molecule has 2 rings (SSSR count). The SMILES string of the molecule is COc1cc(CNC(=O)N2CCC(OC)C2)ccc1OC(C)C. The molecule has 0 aliphatic carbocycles. The van der Waals surface area contributed by atoms with Gasteiger partial charge in [-0.15, -0.1) is 0 Å². The van der Waals surface area contributed by atoms with Crippen LogP contribution in [-0.2, 0) is 11.3 Å². The molecule has 0 radical (unpaired) electrons. The smallest absolute Gasteiger partial charge is 0.317 e. The first-order valence-corrected chi connectivity index (χ1v) is 7.92. The van der Waals surface area contributed by atoms with Gasteiger partial charge < -0.3 is 24.4 Å². The molecule has 1 heterocycles. The minimum atomic E-state index is -0.0639. The van der Waals surface area contributed by atoms with Crippen LogP contribution in [0, 0.1) is 0 Å². The fourth-order valence-electron chi connectivity index (χ4n) is 2.57. The van der Waals surface area contributed by atoms with Crippen LogP contribution in [0.5, 0.6) is 11.5 Å². The van der Waals surface area contributed by atoms with E-state index in [0.717, 1.165) is 18.5 Å². The molecular weight excluding hydrogens is 296 g/mol. The third-order valence-corrected chi connectivity index (χ3v) is 3.80. The topological polar surface area (TPSA) is 60.0 Å². The zero-order valence-electron chi connectivity index (χ0n) is 14.3. The van der Waals surface area contributed by atoms with Crippen molar-refractivity contribution in [3.8, 4) is 11.5 Å². The lowest BCUT2D eigenvalue weighted by molar-refractivity contribution is 0.110. The molecule has 1 unspecified atom stereocenters. The third kappa shape index (κ3) is 4.76. The molecule has 1 aliphatic rings. The van der Waals surface area contributed by atoms with Gasteiger partial charge in [0.15, 0.2) is 11.5 Å². The molecule has 128 valence electrons. The number of nitrogens with one attached hydrogen (secondary N) is 1. The lowest BCUT2D eigenvalue weighted by atomic mass is 10.2. The number of likely N-dealkylation sites (tertiary alicyclic amines) is 1. The Kier molecular flexibility index (Phi) is 6.10. The number of benzene rings is 1. The monoisotopic (exact) mass is 322 g/mol. The van der Waals surface area contributed by atoms with Gasteiger partial charge in [0, 0.05) is 26.7 Å². The molecular formula is C17H26N2O4. The van der Waals surface area contributed by atoms with E-state index < -0.39 is 0 Å². The lowest BCUT2D eigenvalue weighted by Gasteiger charge is -2.18. The molecule has 23 heavy (non-hydrogen) atoms. The van der Waals surface area contributed by atoms with Crippen molar-refractivity contribution < 1.29 is 19.0 Å². The van der Waals surface area contributed by atoms with Crippen molar-refractivity contribution in [1.29, 1.82) is 0 Å². The van der Waals surface area contributed by atoms with Crippen molar-refractivity contribution in [2.45, 2.75) is 39.0 Å². The van der Waals surface area contributed by atoms with E-state index in [1.54, 1.807) is 19.1 Å². The molecule has 0 saturated carbocycles. The molecule has 0 aromatic heterocycles. The number of carbonyl (C=O) groups is 1. The quantitative estimate of drug-likeness (QED) is 0.874. The van der Waals surface area contributed by atoms with E-state index >= 15 is 0 Å². The Labute approximate surface area is 137 Å². The molecule has 1 atom stereocenters. The van der Waals surface area contributed by atoms with Gasteiger partial charge in [-0.2, -0.15) is 0 Å². The van der Waals surface area contributed by atoms with Crippen molar-refractivity contribution >= 4 is 6.03 Å². The molecule has 1 aliphatic heterocycles. The van der Waals surface area contributed by atoms with Crippen LogP contribution in [0.4, 0.5) is 4.79 Å². The Hall–Kier alpha value is -1.95. The van der Waals surface area contributed by atoms with Crippen LogP contribution in [0.25, 0.3) is 0 Å². The molecule has 6 heteroatoms. The van der Waals surface area contributed by atoms with Crippen LogP contribution in [0.2, 0.25) is 0 Å². The summed E-state index contributed by atoms with van der Waals surface area (Å²) >= 11 is 0. The van der Waals surface area contributed by atoms with Crippen LogP contribution in [0.15, 0.2) is 18.2 Å². The average molecular weight is 322 g/mol. The Morgan fingerprint density at radius 1 is 1.35 bits per heavy atom. The number of amides is 2. The van der Waals surface area contributed by atoms with Gasteiger partial charge in [0.1, 0.15) is 0 Å². The highest BCUT2D eigenvalue weighted by Gasteiger charge is 2.25. The van der Waals surface area contributed by atoms with Gasteiger partial charge in [-0.25, -0.2) is 4.79 Å². The fourth-order valence-corrected chi connectivity index (χ4v) is 2.57. The molecule has 1 fully saturated rings. The first kappa shape index (κ1) is 17.4. The lowest BCUT2D eigenvalue weighted by Crippen LogP contribution is -2.38. The van der Waals surface area contributed by atoms with Crippen molar-refractivity contribution in [1.82, 2.24) is 10.2 Å². The number of carbonyl (C=O) groups excluding carboxylic acids is 1. The van der Waals surface area contributed by atoms with Crippen molar-refractivity contribution in [3.05, 3.63) is 23.8 Å². The molecule has 2 amide bonds. The maximum atomic E-state index is 12.2. The van der Waals surface area contributed by atoms with E-state index in [2.05, 4.69) is 5.32 Å². The summed E-state index contributed by atoms with van der Waals surface area (Å²) in [5.41, 5.74) is 0.966. The van der Waals surface area contributed by atoms with Crippen molar-refractivity contribution in [3.63, 3.8) is 0 Å². The Balaban J connectivity index is 1.91. The van der Waals surface area contributed by atoms with Gasteiger partial charge in [-0.1, -0.05) is 6.07 Å². The Morgan fingerprint density at radius 2 is 2.13 bits per heavy atom. The third-order valence-electron chi connectivity index (χ3n) is 3.80. The maximum absolute atomic E-state index is 12.2. The summed E-state index contributed by atoms with van der Waals surface area (Å²) in [6, 6.07) is 5.63. The summed E-state index contributed by atoms with van der Waals surface area (Å²) in [6.45, 7) is 5.76. The number of hydrogen-bond acceptors (Lipinski definition) is 4. The van der Waals surface area contributed by atoms with E-state index in [4.69, 9.17) is 14.2 Å². The summed E-state index contributed by atoms with van der Waals surface area (Å²) in [6.07, 6.45) is 1.12. The largest absolute Gasteiger partial charge is 0.493 e. The van der Waals surface area contributed by atoms with Gasteiger partial charge in [0.05, 0.1) is 19.3 Å². The summed E-state index contributed by atoms with van der Waals surface area (Å²) in [4.78, 5) is 13.9. The first-order chi connectivity index (χ1) is 11.0. The van der Waals surface area contributed by atoms with Crippen LogP contribution in [0.3, 0.4) is 0 Å². The normalized spacial score (nSPS) is 17.4. The predicted octanol–water partition coefficient (Wildman–Crippen LogP) is 2.41. The second kappa shape index (κ2) is 8.06. The second-order valence-electron chi connectivity index (χ2n) is 5.90. The molecule has 1 saturated heterocycles. The van der Waals surface area contributed by atoms with Crippen LogP contribution in [0.1, 0.15) is 25.8 Å². The molecule has 1 N–H and O–H groups in total. The number of hydrogen-bond donors (Lipinski definition) is 1. The first-order valence-electron chi connectivity index (χ1n) is 7.92. The molecule has 0 spiro atoms. The number of rotatable bonds is 6. The van der Waals surface area contributed by atoms with Crippen molar-refractivity contribution in [2.75, 3.05) is 27.3 Å². The summed E-state index contributed by atoms with van der Waals surface area (Å²) in [5, 5.41) is 2.93. The number of urea groups is 1. The molecule has 1 aromatic rings. The van der Waals surface area contributed by atoms with Crippen molar-refractivity contribution in [2.24, 2.45) is 0 Å². The maximum Gasteiger partial charge on any atom is 0.317 e. The summed E-state index contributed by atoms with van der Waals surface area (Å²) in [5.74, 6) is 1.38. The standard InChI is InChI=1S/C17H26N2O4/c1-12(2)23-15-6-5-13(9-16(15)22-4)10-18-17(20)19-8-7-14(11-19)21-3/h5-6,9,12,14H,7-8,10-11H2,1-4H3,(H,18,20). The van der Waals surface area contributed by atoms with Gasteiger partial charge >= 0.3 is 6.03 Å². The van der Waals surface area contributed by atoms with Gasteiger partial charge in [0.2, 0.25) is 0 Å². The highest BCUT2D eigenvalue weighted by atomic mass is 16.5. The van der Waals surface area contributed by atoms with Crippen LogP contribution in [-0.4, -0.2) is 50.4 Å². The zero-order chi connectivity index (χ0) is 16.8. The summed E-state index contributed by atoms with van der Waals surface area (Å²) < 4.78 is 16.3. The molecule has 1 aromatic carbocycles. The summed E-state index contributed by atoms with van der Waals surface area (Å²) in [7, 11) is 3.29. The predicted molar refractivity (Wildman–Crippen MR) is 88.0 cm³/mol. The van der Waals surface area contributed by atoms with Crippen LogP contribution < -0.4 is 14.8 Å². The Morgan fingerprint density at radius 3 is 2.74 bits per heavy atom. The molecule has 0 bridgehead atoms. The Bertz CT molecular complexity index is 533. The van der Waals surface area contributed by atoms with E-state index in [1.807, 2.05) is 32.0 Å². The van der Waals surface area contributed by atoms with Crippen LogP contribution >= 0.6 is 0 Å². The number of methoxy groups -OCH3 is 2.